The minimum atomic E-state index is -3.71. The average Bonchev–Trinajstić information content (AvgIpc) is 3.22. The molecule has 2 amide bonds. The minimum Gasteiger partial charge on any atom is -0.352 e. The average molecular weight is 584 g/mol. The molecule has 7 nitrogen and oxygen atoms in total. The van der Waals surface area contributed by atoms with Gasteiger partial charge in [-0.3, -0.25) is 13.9 Å². The number of carbonyl (C=O) groups excluding carboxylic acids is 2. The number of hydrogen-bond donors (Lipinski definition) is 1. The maximum atomic E-state index is 14.0. The van der Waals surface area contributed by atoms with Crippen LogP contribution < -0.4 is 9.62 Å². The third kappa shape index (κ3) is 6.19. The highest BCUT2D eigenvalue weighted by Crippen LogP contribution is 2.42. The van der Waals surface area contributed by atoms with Gasteiger partial charge in [0.1, 0.15) is 6.04 Å². The van der Waals surface area contributed by atoms with E-state index in [1.54, 1.807) is 17.0 Å². The zero-order valence-electron chi connectivity index (χ0n) is 24.1. The van der Waals surface area contributed by atoms with Gasteiger partial charge >= 0.3 is 0 Å². The minimum absolute atomic E-state index is 0.0332. The van der Waals surface area contributed by atoms with Gasteiger partial charge in [0.05, 0.1) is 10.6 Å². The van der Waals surface area contributed by atoms with Crippen LogP contribution in [0, 0.1) is 0 Å². The number of rotatable bonds is 12. The van der Waals surface area contributed by atoms with E-state index in [9.17, 15) is 18.0 Å². The summed E-state index contributed by atoms with van der Waals surface area (Å²) in [5.41, 5.74) is 2.53. The normalized spacial score (nSPS) is 14.9. The second-order valence-corrected chi connectivity index (χ2v) is 12.7. The molecule has 1 N–H and O–H groups in total. The lowest BCUT2D eigenvalue weighted by Crippen LogP contribution is -2.52. The summed E-state index contributed by atoms with van der Waals surface area (Å²) in [5, 5.41) is 4.68. The summed E-state index contributed by atoms with van der Waals surface area (Å²) in [6.07, 6.45) is 1.57. The van der Waals surface area contributed by atoms with E-state index in [-0.39, 0.29) is 37.4 Å². The van der Waals surface area contributed by atoms with Crippen LogP contribution in [0.5, 0.6) is 0 Å². The molecule has 1 heterocycles. The Morgan fingerprint density at radius 2 is 1.50 bits per heavy atom. The smallest absolute Gasteiger partial charge is 0.265 e. The molecule has 0 aliphatic carbocycles. The zero-order valence-corrected chi connectivity index (χ0v) is 24.9. The van der Waals surface area contributed by atoms with Crippen molar-refractivity contribution < 1.29 is 18.0 Å². The van der Waals surface area contributed by atoms with Crippen molar-refractivity contribution in [2.24, 2.45) is 0 Å². The first-order valence-corrected chi connectivity index (χ1v) is 16.0. The first-order chi connectivity index (χ1) is 20.3. The maximum absolute atomic E-state index is 14.0. The molecule has 42 heavy (non-hydrogen) atoms. The Kier molecular flexibility index (Phi) is 8.92. The van der Waals surface area contributed by atoms with Gasteiger partial charge in [-0.2, -0.15) is 0 Å². The van der Waals surface area contributed by atoms with Gasteiger partial charge in [-0.05, 0) is 48.4 Å². The van der Waals surface area contributed by atoms with E-state index in [1.165, 1.54) is 4.31 Å². The number of nitrogens with zero attached hydrogens (tertiary/aromatic N) is 2. The Hall–Kier alpha value is -4.17. The van der Waals surface area contributed by atoms with Gasteiger partial charge in [0.15, 0.2) is 0 Å². The molecular formula is C34H37N3O4S. The zero-order chi connectivity index (χ0) is 29.7. The molecule has 0 saturated carbocycles. The standard InChI is InChI=1S/C34H37N3O4S/c1-3-25(2)35-34(39)30(23-26-13-6-4-7-14-26)36(24-27-15-8-5-9-16-27)32(38)21-12-22-37-29-19-10-17-28-18-11-20-31(33(28)29)42(37,40)41/h4-11,13-20,25,30H,3,12,21-24H2,1-2H3,(H,35,39)/t25-,30-/m1/s1. The molecule has 0 spiro atoms. The van der Waals surface area contributed by atoms with Crippen molar-refractivity contribution in [3.8, 4) is 0 Å². The quantitative estimate of drug-likeness (QED) is 0.232. The van der Waals surface area contributed by atoms with Crippen LogP contribution in [0.25, 0.3) is 10.8 Å². The number of nitrogens with one attached hydrogen (secondary N) is 1. The second kappa shape index (κ2) is 12.8. The highest BCUT2D eigenvalue weighted by Gasteiger charge is 2.36. The molecular weight excluding hydrogens is 546 g/mol. The van der Waals surface area contributed by atoms with Gasteiger partial charge < -0.3 is 10.2 Å². The van der Waals surface area contributed by atoms with Crippen LogP contribution in [-0.4, -0.2) is 43.8 Å². The van der Waals surface area contributed by atoms with E-state index in [2.05, 4.69) is 5.32 Å². The third-order valence-electron chi connectivity index (χ3n) is 7.90. The summed E-state index contributed by atoms with van der Waals surface area (Å²) >= 11 is 0. The Bertz CT molecular complexity index is 1650. The first kappa shape index (κ1) is 29.3. The highest BCUT2D eigenvalue weighted by atomic mass is 32.2. The van der Waals surface area contributed by atoms with Gasteiger partial charge in [0.25, 0.3) is 10.0 Å². The van der Waals surface area contributed by atoms with Crippen LogP contribution in [0.3, 0.4) is 0 Å². The van der Waals surface area contributed by atoms with Gasteiger partial charge in [0.2, 0.25) is 11.8 Å². The van der Waals surface area contributed by atoms with Crippen LogP contribution >= 0.6 is 0 Å². The SMILES string of the molecule is CC[C@@H](C)NC(=O)[C@@H](Cc1ccccc1)N(Cc1ccccc1)C(=O)CCCN1c2cccc3cccc(c23)S1(=O)=O. The fourth-order valence-corrected chi connectivity index (χ4v) is 7.24. The molecule has 1 aliphatic rings. The predicted molar refractivity (Wildman–Crippen MR) is 167 cm³/mol. The molecule has 0 radical (unpaired) electrons. The second-order valence-electron chi connectivity index (χ2n) is 10.8. The molecule has 0 saturated heterocycles. The van der Waals surface area contributed by atoms with Crippen molar-refractivity contribution >= 4 is 38.3 Å². The summed E-state index contributed by atoms with van der Waals surface area (Å²) in [5.74, 6) is -0.381. The van der Waals surface area contributed by atoms with Crippen molar-refractivity contribution in [3.05, 3.63) is 108 Å². The number of carbonyl (C=O) groups is 2. The van der Waals surface area contributed by atoms with Crippen LogP contribution in [0.4, 0.5) is 5.69 Å². The first-order valence-electron chi connectivity index (χ1n) is 14.5. The maximum Gasteiger partial charge on any atom is 0.265 e. The number of anilines is 1. The number of amides is 2. The Labute approximate surface area is 248 Å². The lowest BCUT2D eigenvalue weighted by molar-refractivity contribution is -0.141. The van der Waals surface area contributed by atoms with Crippen molar-refractivity contribution in [3.63, 3.8) is 0 Å². The van der Waals surface area contributed by atoms with Crippen LogP contribution in [0.15, 0.2) is 102 Å². The Morgan fingerprint density at radius 3 is 2.17 bits per heavy atom. The summed E-state index contributed by atoms with van der Waals surface area (Å²) in [4.78, 5) is 29.6. The number of sulfonamides is 1. The van der Waals surface area contributed by atoms with Crippen molar-refractivity contribution in [1.29, 1.82) is 0 Å². The Balaban J connectivity index is 1.39. The van der Waals surface area contributed by atoms with Crippen LogP contribution in [-0.2, 0) is 32.6 Å². The largest absolute Gasteiger partial charge is 0.352 e. The van der Waals surface area contributed by atoms with E-state index < -0.39 is 16.1 Å². The summed E-state index contributed by atoms with van der Waals surface area (Å²) in [6.45, 7) is 4.41. The van der Waals surface area contributed by atoms with Gasteiger partial charge in [-0.25, -0.2) is 8.42 Å². The summed E-state index contributed by atoms with van der Waals surface area (Å²) in [6, 6.07) is 29.5. The molecule has 0 fully saturated rings. The van der Waals surface area contributed by atoms with Crippen molar-refractivity contribution in [2.75, 3.05) is 10.8 Å². The number of benzene rings is 4. The molecule has 0 aromatic heterocycles. The molecule has 218 valence electrons. The molecule has 8 heteroatoms. The molecule has 5 rings (SSSR count). The van der Waals surface area contributed by atoms with E-state index in [0.717, 1.165) is 28.3 Å². The third-order valence-corrected chi connectivity index (χ3v) is 9.76. The van der Waals surface area contributed by atoms with E-state index in [0.29, 0.717) is 23.4 Å². The fraction of sp³-hybridized carbons (Fsp3) is 0.294. The lowest BCUT2D eigenvalue weighted by atomic mass is 10.0. The summed E-state index contributed by atoms with van der Waals surface area (Å²) < 4.78 is 28.3. The van der Waals surface area contributed by atoms with Gasteiger partial charge in [0, 0.05) is 37.4 Å². The highest BCUT2D eigenvalue weighted by molar-refractivity contribution is 7.93. The molecule has 4 aromatic carbocycles. The van der Waals surface area contributed by atoms with E-state index >= 15 is 0 Å². The molecule has 1 aliphatic heterocycles. The van der Waals surface area contributed by atoms with Crippen molar-refractivity contribution in [2.45, 2.75) is 63.1 Å². The molecule has 4 aromatic rings. The molecule has 0 unspecified atom stereocenters. The van der Waals surface area contributed by atoms with Gasteiger partial charge in [-0.15, -0.1) is 0 Å². The monoisotopic (exact) mass is 583 g/mol. The van der Waals surface area contributed by atoms with E-state index in [1.807, 2.05) is 98.8 Å². The van der Waals surface area contributed by atoms with E-state index in [4.69, 9.17) is 0 Å². The van der Waals surface area contributed by atoms with Gasteiger partial charge in [-0.1, -0.05) is 91.9 Å². The molecule has 2 atom stereocenters. The van der Waals surface area contributed by atoms with Crippen molar-refractivity contribution in [1.82, 2.24) is 10.2 Å². The number of hydrogen-bond acceptors (Lipinski definition) is 4. The fourth-order valence-electron chi connectivity index (χ4n) is 5.49. The van der Waals surface area contributed by atoms with Crippen LogP contribution in [0.2, 0.25) is 0 Å². The Morgan fingerprint density at radius 1 is 0.857 bits per heavy atom. The molecule has 0 bridgehead atoms. The summed E-state index contributed by atoms with van der Waals surface area (Å²) in [7, 11) is -3.71. The van der Waals surface area contributed by atoms with Crippen LogP contribution in [0.1, 0.15) is 44.2 Å². The predicted octanol–water partition coefficient (Wildman–Crippen LogP) is 5.68. The lowest BCUT2D eigenvalue weighted by Gasteiger charge is -2.32. The topological polar surface area (TPSA) is 86.8 Å².